The summed E-state index contributed by atoms with van der Waals surface area (Å²) in [7, 11) is 0. The lowest BCUT2D eigenvalue weighted by molar-refractivity contribution is -0.116. The molecule has 0 saturated carbocycles. The largest absolute Gasteiger partial charge is 0.327 e. The molecule has 3 N–H and O–H groups in total. The summed E-state index contributed by atoms with van der Waals surface area (Å²) in [6.45, 7) is 3.74. The van der Waals surface area contributed by atoms with Crippen LogP contribution in [0.3, 0.4) is 0 Å². The first-order valence-electron chi connectivity index (χ1n) is 6.71. The minimum Gasteiger partial charge on any atom is -0.327 e. The summed E-state index contributed by atoms with van der Waals surface area (Å²) in [5, 5.41) is 4.15. The van der Waals surface area contributed by atoms with Crippen molar-refractivity contribution in [2.45, 2.75) is 32.7 Å². The molecule has 0 fully saturated rings. The second kappa shape index (κ2) is 7.02. The van der Waals surface area contributed by atoms with E-state index in [-0.39, 0.29) is 11.9 Å². The molecule has 21 heavy (non-hydrogen) atoms. The molecular formula is C15H18ClN3OS. The molecule has 0 bridgehead atoms. The number of aromatic nitrogens is 1. The lowest BCUT2D eigenvalue weighted by atomic mass is 10.1. The van der Waals surface area contributed by atoms with Crippen LogP contribution in [0.15, 0.2) is 24.3 Å². The summed E-state index contributed by atoms with van der Waals surface area (Å²) in [6, 6.07) is 7.58. The molecule has 1 unspecified atom stereocenters. The molecule has 0 aliphatic heterocycles. The second-order valence-electron chi connectivity index (χ2n) is 5.03. The van der Waals surface area contributed by atoms with E-state index in [2.05, 4.69) is 10.3 Å². The molecule has 1 amide bonds. The Labute approximate surface area is 133 Å². The van der Waals surface area contributed by atoms with E-state index in [1.807, 2.05) is 31.2 Å². The number of carbonyl (C=O) groups excluding carboxylic acids is 1. The molecule has 2 rings (SSSR count). The molecule has 0 saturated heterocycles. The van der Waals surface area contributed by atoms with Gasteiger partial charge in [0.1, 0.15) is 0 Å². The molecule has 4 nitrogen and oxygen atoms in total. The lowest BCUT2D eigenvalue weighted by Crippen LogP contribution is -2.23. The predicted octanol–water partition coefficient (Wildman–Crippen LogP) is 3.37. The number of nitrogens with zero attached hydrogens (tertiary/aromatic N) is 1. The van der Waals surface area contributed by atoms with Crippen LogP contribution >= 0.6 is 22.9 Å². The van der Waals surface area contributed by atoms with Gasteiger partial charge in [0.2, 0.25) is 5.91 Å². The van der Waals surface area contributed by atoms with Crippen LogP contribution < -0.4 is 11.1 Å². The number of hydrogen-bond acceptors (Lipinski definition) is 4. The van der Waals surface area contributed by atoms with Crippen molar-refractivity contribution in [2.75, 3.05) is 5.32 Å². The van der Waals surface area contributed by atoms with E-state index in [4.69, 9.17) is 17.3 Å². The molecule has 1 aromatic heterocycles. The van der Waals surface area contributed by atoms with Gasteiger partial charge in [0, 0.05) is 28.8 Å². The summed E-state index contributed by atoms with van der Waals surface area (Å²) < 4.78 is 0. The fraction of sp³-hybridized carbons (Fsp3) is 0.333. The maximum absolute atomic E-state index is 11.7. The number of benzene rings is 1. The highest BCUT2D eigenvalue weighted by atomic mass is 35.5. The standard InChI is InChI=1S/C15H18ClN3OS/c1-9(17)7-14(20)19-15-18-10(2)13(21-15)8-11-5-3-4-6-12(11)16/h3-6,9H,7-8,17H2,1-2H3,(H,18,19,20). The highest BCUT2D eigenvalue weighted by Gasteiger charge is 2.12. The maximum atomic E-state index is 11.7. The minimum absolute atomic E-state index is 0.108. The molecule has 0 spiro atoms. The second-order valence-corrected chi connectivity index (χ2v) is 6.52. The molecule has 112 valence electrons. The van der Waals surface area contributed by atoms with E-state index in [9.17, 15) is 4.79 Å². The first-order chi connectivity index (χ1) is 9.95. The maximum Gasteiger partial charge on any atom is 0.227 e. The zero-order valence-corrected chi connectivity index (χ0v) is 13.6. The van der Waals surface area contributed by atoms with Crippen molar-refractivity contribution in [1.82, 2.24) is 4.98 Å². The van der Waals surface area contributed by atoms with Gasteiger partial charge in [0.05, 0.1) is 5.69 Å². The Bertz CT molecular complexity index is 640. The zero-order chi connectivity index (χ0) is 15.4. The predicted molar refractivity (Wildman–Crippen MR) is 88.0 cm³/mol. The van der Waals surface area contributed by atoms with Crippen LogP contribution in [0.25, 0.3) is 0 Å². The molecule has 1 atom stereocenters. The van der Waals surface area contributed by atoms with Crippen molar-refractivity contribution >= 4 is 34.0 Å². The summed E-state index contributed by atoms with van der Waals surface area (Å²) in [4.78, 5) is 17.2. The molecule has 6 heteroatoms. The molecule has 1 heterocycles. The first-order valence-corrected chi connectivity index (χ1v) is 7.90. The fourth-order valence-corrected chi connectivity index (χ4v) is 3.13. The summed E-state index contributed by atoms with van der Waals surface area (Å²) in [5.74, 6) is -0.108. The number of carbonyl (C=O) groups is 1. The molecule has 2 aromatic rings. The first kappa shape index (κ1) is 15.9. The van der Waals surface area contributed by atoms with Crippen LogP contribution in [0, 0.1) is 6.92 Å². The van der Waals surface area contributed by atoms with E-state index in [1.165, 1.54) is 11.3 Å². The van der Waals surface area contributed by atoms with E-state index in [0.29, 0.717) is 18.0 Å². The van der Waals surface area contributed by atoms with Gasteiger partial charge in [-0.2, -0.15) is 0 Å². The van der Waals surface area contributed by atoms with Gasteiger partial charge in [-0.25, -0.2) is 4.98 Å². The summed E-state index contributed by atoms with van der Waals surface area (Å²) in [5.41, 5.74) is 7.58. The normalized spacial score (nSPS) is 12.2. The lowest BCUT2D eigenvalue weighted by Gasteiger charge is -2.03. The SMILES string of the molecule is Cc1nc(NC(=O)CC(C)N)sc1Cc1ccccc1Cl. The average Bonchev–Trinajstić information content (AvgIpc) is 2.71. The number of thiazole rings is 1. The third-order valence-corrected chi connectivity index (χ3v) is 4.40. The quantitative estimate of drug-likeness (QED) is 0.886. The van der Waals surface area contributed by atoms with Crippen LogP contribution in [-0.2, 0) is 11.2 Å². The molecule has 0 aliphatic rings. The van der Waals surface area contributed by atoms with E-state index in [0.717, 1.165) is 21.2 Å². The molecule has 0 aliphatic carbocycles. The minimum atomic E-state index is -0.159. The summed E-state index contributed by atoms with van der Waals surface area (Å²) >= 11 is 7.65. The molecular weight excluding hydrogens is 306 g/mol. The van der Waals surface area contributed by atoms with Gasteiger partial charge >= 0.3 is 0 Å². The van der Waals surface area contributed by atoms with Crippen molar-refractivity contribution in [2.24, 2.45) is 5.73 Å². The number of rotatable bonds is 5. The van der Waals surface area contributed by atoms with E-state index < -0.39 is 0 Å². The Morgan fingerprint density at radius 1 is 1.48 bits per heavy atom. The molecule has 0 radical (unpaired) electrons. The Morgan fingerprint density at radius 3 is 2.86 bits per heavy atom. The Morgan fingerprint density at radius 2 is 2.19 bits per heavy atom. The highest BCUT2D eigenvalue weighted by molar-refractivity contribution is 7.15. The summed E-state index contributed by atoms with van der Waals surface area (Å²) in [6.07, 6.45) is 1.00. The number of hydrogen-bond donors (Lipinski definition) is 2. The monoisotopic (exact) mass is 323 g/mol. The smallest absolute Gasteiger partial charge is 0.227 e. The van der Waals surface area contributed by atoms with Gasteiger partial charge in [-0.15, -0.1) is 11.3 Å². The average molecular weight is 324 g/mol. The van der Waals surface area contributed by atoms with Crippen molar-refractivity contribution in [1.29, 1.82) is 0 Å². The van der Waals surface area contributed by atoms with Crippen LogP contribution in [0.5, 0.6) is 0 Å². The van der Waals surface area contributed by atoms with Crippen LogP contribution in [-0.4, -0.2) is 16.9 Å². The third kappa shape index (κ3) is 4.52. The zero-order valence-electron chi connectivity index (χ0n) is 12.0. The van der Waals surface area contributed by atoms with Crippen molar-refractivity contribution in [3.63, 3.8) is 0 Å². The van der Waals surface area contributed by atoms with Crippen molar-refractivity contribution < 1.29 is 4.79 Å². The van der Waals surface area contributed by atoms with Crippen LogP contribution in [0.1, 0.15) is 29.5 Å². The van der Waals surface area contributed by atoms with Crippen molar-refractivity contribution in [3.8, 4) is 0 Å². The van der Waals surface area contributed by atoms with Gasteiger partial charge in [-0.1, -0.05) is 29.8 Å². The highest BCUT2D eigenvalue weighted by Crippen LogP contribution is 2.27. The number of nitrogens with two attached hydrogens (primary N) is 1. The van der Waals surface area contributed by atoms with Crippen LogP contribution in [0.2, 0.25) is 5.02 Å². The van der Waals surface area contributed by atoms with Gasteiger partial charge in [0.15, 0.2) is 5.13 Å². The molecule has 1 aromatic carbocycles. The van der Waals surface area contributed by atoms with E-state index in [1.54, 1.807) is 6.92 Å². The number of aryl methyl sites for hydroxylation is 1. The Balaban J connectivity index is 2.09. The van der Waals surface area contributed by atoms with Gasteiger partial charge in [-0.05, 0) is 25.5 Å². The number of amides is 1. The third-order valence-electron chi connectivity index (χ3n) is 2.96. The number of nitrogens with one attached hydrogen (secondary N) is 1. The van der Waals surface area contributed by atoms with Gasteiger partial charge < -0.3 is 11.1 Å². The van der Waals surface area contributed by atoms with E-state index >= 15 is 0 Å². The topological polar surface area (TPSA) is 68.0 Å². The number of anilines is 1. The fourth-order valence-electron chi connectivity index (χ4n) is 1.92. The Hall–Kier alpha value is -1.43. The number of halogens is 1. The van der Waals surface area contributed by atoms with Crippen LogP contribution in [0.4, 0.5) is 5.13 Å². The van der Waals surface area contributed by atoms with Gasteiger partial charge in [0.25, 0.3) is 0 Å². The van der Waals surface area contributed by atoms with Gasteiger partial charge in [-0.3, -0.25) is 4.79 Å². The Kier molecular flexibility index (Phi) is 5.33. The van der Waals surface area contributed by atoms with Crippen molar-refractivity contribution in [3.05, 3.63) is 45.4 Å².